The third-order valence-electron chi connectivity index (χ3n) is 4.20. The van der Waals surface area contributed by atoms with Gasteiger partial charge >= 0.3 is 0 Å². The number of nitrogens with one attached hydrogen (secondary N) is 1. The fraction of sp³-hybridized carbons (Fsp3) is 0.412. The number of hydrogen-bond donors (Lipinski definition) is 2. The minimum atomic E-state index is -0.360. The van der Waals surface area contributed by atoms with Crippen LogP contribution >= 0.6 is 11.3 Å². The Morgan fingerprint density at radius 1 is 1.30 bits per heavy atom. The van der Waals surface area contributed by atoms with Gasteiger partial charge < -0.3 is 15.8 Å². The summed E-state index contributed by atoms with van der Waals surface area (Å²) in [6.45, 7) is 4.47. The lowest BCUT2D eigenvalue weighted by Crippen LogP contribution is -2.52. The number of carbonyl (C=O) groups excluding carboxylic acids is 1. The molecule has 3 N–H and O–H groups in total. The van der Waals surface area contributed by atoms with Crippen LogP contribution in [0.15, 0.2) is 29.6 Å². The normalized spacial score (nSPS) is 11.3. The average Bonchev–Trinajstić information content (AvgIpc) is 3.10. The lowest BCUT2D eigenvalue weighted by molar-refractivity contribution is 0.0891. The number of ether oxygens (including phenoxy) is 1. The molecule has 0 spiro atoms. The zero-order chi connectivity index (χ0) is 16.9. The largest absolute Gasteiger partial charge is 0.497 e. The Hall–Kier alpha value is -1.92. The van der Waals surface area contributed by atoms with E-state index in [2.05, 4.69) is 10.3 Å². The minimum Gasteiger partial charge on any atom is -0.497 e. The zero-order valence-corrected chi connectivity index (χ0v) is 14.6. The van der Waals surface area contributed by atoms with E-state index in [-0.39, 0.29) is 11.4 Å². The van der Waals surface area contributed by atoms with Gasteiger partial charge in [0.15, 0.2) is 0 Å². The summed E-state index contributed by atoms with van der Waals surface area (Å²) in [7, 11) is 1.63. The van der Waals surface area contributed by atoms with Gasteiger partial charge in [0.25, 0.3) is 5.91 Å². The van der Waals surface area contributed by atoms with Crippen molar-refractivity contribution in [1.82, 2.24) is 10.3 Å². The Kier molecular flexibility index (Phi) is 5.74. The fourth-order valence-electron chi connectivity index (χ4n) is 2.32. The van der Waals surface area contributed by atoms with Crippen molar-refractivity contribution in [1.29, 1.82) is 0 Å². The Bertz CT molecular complexity index is 640. The second-order valence-electron chi connectivity index (χ2n) is 5.41. The van der Waals surface area contributed by atoms with E-state index in [1.54, 1.807) is 12.5 Å². The Morgan fingerprint density at radius 3 is 2.48 bits per heavy atom. The molecule has 5 nitrogen and oxygen atoms in total. The first-order valence-corrected chi connectivity index (χ1v) is 8.58. The summed E-state index contributed by atoms with van der Waals surface area (Å²) in [5.41, 5.74) is 6.87. The fourth-order valence-corrected chi connectivity index (χ4v) is 3.12. The molecule has 1 amide bonds. The summed E-state index contributed by atoms with van der Waals surface area (Å²) in [4.78, 5) is 16.9. The van der Waals surface area contributed by atoms with E-state index in [0.29, 0.717) is 12.2 Å². The van der Waals surface area contributed by atoms with Gasteiger partial charge in [-0.05, 0) is 37.1 Å². The van der Waals surface area contributed by atoms with Gasteiger partial charge in [0, 0.05) is 17.5 Å². The number of aromatic nitrogens is 1. The smallest absolute Gasteiger partial charge is 0.271 e. The van der Waals surface area contributed by atoms with Gasteiger partial charge in [0.05, 0.1) is 12.6 Å². The highest BCUT2D eigenvalue weighted by Gasteiger charge is 2.27. The van der Waals surface area contributed by atoms with Crippen molar-refractivity contribution in [3.8, 4) is 16.3 Å². The predicted molar refractivity (Wildman–Crippen MR) is 93.9 cm³/mol. The van der Waals surface area contributed by atoms with Crippen LogP contribution in [0.5, 0.6) is 5.75 Å². The summed E-state index contributed by atoms with van der Waals surface area (Å²) >= 11 is 1.45. The minimum absolute atomic E-state index is 0.171. The van der Waals surface area contributed by atoms with Crippen LogP contribution in [0.2, 0.25) is 0 Å². The van der Waals surface area contributed by atoms with Crippen LogP contribution in [-0.4, -0.2) is 30.1 Å². The highest BCUT2D eigenvalue weighted by molar-refractivity contribution is 7.13. The van der Waals surface area contributed by atoms with E-state index < -0.39 is 0 Å². The number of hydrogen-bond acceptors (Lipinski definition) is 5. The van der Waals surface area contributed by atoms with Gasteiger partial charge in [0.2, 0.25) is 0 Å². The van der Waals surface area contributed by atoms with Crippen LogP contribution in [0.4, 0.5) is 0 Å². The Morgan fingerprint density at radius 2 is 1.96 bits per heavy atom. The molecule has 2 rings (SSSR count). The van der Waals surface area contributed by atoms with Gasteiger partial charge in [-0.15, -0.1) is 11.3 Å². The van der Waals surface area contributed by atoms with Gasteiger partial charge in [-0.2, -0.15) is 0 Å². The molecule has 0 saturated carbocycles. The van der Waals surface area contributed by atoms with Crippen molar-refractivity contribution in [3.05, 3.63) is 35.3 Å². The molecule has 0 aliphatic rings. The molecule has 0 aliphatic heterocycles. The monoisotopic (exact) mass is 333 g/mol. The number of methoxy groups -OCH3 is 1. The Balaban J connectivity index is 2.16. The molecule has 0 radical (unpaired) electrons. The summed E-state index contributed by atoms with van der Waals surface area (Å²) < 4.78 is 5.15. The molecule has 1 aromatic heterocycles. The number of thiazole rings is 1. The molecule has 2 aromatic rings. The van der Waals surface area contributed by atoms with E-state index in [1.165, 1.54) is 11.3 Å². The summed E-state index contributed by atoms with van der Waals surface area (Å²) in [5, 5.41) is 5.63. The molecular weight excluding hydrogens is 310 g/mol. The molecular formula is C17H23N3O2S. The molecule has 0 fully saturated rings. The molecule has 0 unspecified atom stereocenters. The lowest BCUT2D eigenvalue weighted by Gasteiger charge is -2.31. The first-order chi connectivity index (χ1) is 11.1. The Labute approximate surface area is 140 Å². The van der Waals surface area contributed by atoms with Crippen LogP contribution in [0.25, 0.3) is 10.6 Å². The highest BCUT2D eigenvalue weighted by atomic mass is 32.1. The van der Waals surface area contributed by atoms with Crippen LogP contribution < -0.4 is 15.8 Å². The quantitative estimate of drug-likeness (QED) is 0.816. The predicted octanol–water partition coefficient (Wildman–Crippen LogP) is 3.07. The van der Waals surface area contributed by atoms with Gasteiger partial charge in [-0.25, -0.2) is 4.98 Å². The average molecular weight is 333 g/mol. The van der Waals surface area contributed by atoms with E-state index in [1.807, 2.05) is 38.1 Å². The summed E-state index contributed by atoms with van der Waals surface area (Å²) in [6.07, 6.45) is 1.59. The first-order valence-electron chi connectivity index (χ1n) is 7.70. The zero-order valence-electron chi connectivity index (χ0n) is 13.8. The molecule has 0 bridgehead atoms. The standard InChI is InChI=1S/C17H23N3O2S/c1-4-17(5-2,11-18)20-15(21)14-10-23-16(19-14)12-6-8-13(22-3)9-7-12/h6-10H,4-5,11,18H2,1-3H3,(H,20,21). The van der Waals surface area contributed by atoms with Crippen molar-refractivity contribution in [2.75, 3.05) is 13.7 Å². The maximum Gasteiger partial charge on any atom is 0.271 e. The maximum absolute atomic E-state index is 12.4. The third-order valence-corrected chi connectivity index (χ3v) is 5.09. The molecule has 0 atom stereocenters. The van der Waals surface area contributed by atoms with Crippen LogP contribution in [0.3, 0.4) is 0 Å². The van der Waals surface area contributed by atoms with Crippen LogP contribution in [-0.2, 0) is 0 Å². The molecule has 1 aromatic carbocycles. The second-order valence-corrected chi connectivity index (χ2v) is 6.27. The van der Waals surface area contributed by atoms with Gasteiger partial charge in [-0.1, -0.05) is 13.8 Å². The van der Waals surface area contributed by atoms with Crippen molar-refractivity contribution < 1.29 is 9.53 Å². The number of rotatable bonds is 7. The van der Waals surface area contributed by atoms with E-state index in [4.69, 9.17) is 10.5 Å². The highest BCUT2D eigenvalue weighted by Crippen LogP contribution is 2.26. The number of benzene rings is 1. The number of carbonyl (C=O) groups is 1. The topological polar surface area (TPSA) is 77.2 Å². The van der Waals surface area contributed by atoms with Crippen molar-refractivity contribution in [2.24, 2.45) is 5.73 Å². The molecule has 124 valence electrons. The van der Waals surface area contributed by atoms with Gasteiger partial charge in [0.1, 0.15) is 16.5 Å². The van der Waals surface area contributed by atoms with E-state index in [0.717, 1.165) is 29.2 Å². The van der Waals surface area contributed by atoms with Crippen molar-refractivity contribution in [2.45, 2.75) is 32.2 Å². The molecule has 0 saturated heterocycles. The second kappa shape index (κ2) is 7.57. The van der Waals surface area contributed by atoms with E-state index in [9.17, 15) is 4.79 Å². The van der Waals surface area contributed by atoms with Crippen molar-refractivity contribution >= 4 is 17.2 Å². The van der Waals surface area contributed by atoms with Crippen molar-refractivity contribution in [3.63, 3.8) is 0 Å². The molecule has 1 heterocycles. The first kappa shape index (κ1) is 17.4. The maximum atomic E-state index is 12.4. The van der Waals surface area contributed by atoms with E-state index >= 15 is 0 Å². The molecule has 0 aliphatic carbocycles. The number of nitrogens with zero attached hydrogens (tertiary/aromatic N) is 1. The molecule has 6 heteroatoms. The number of nitrogens with two attached hydrogens (primary N) is 1. The third kappa shape index (κ3) is 3.89. The molecule has 23 heavy (non-hydrogen) atoms. The SMILES string of the molecule is CCC(CC)(CN)NC(=O)c1csc(-c2ccc(OC)cc2)n1. The lowest BCUT2D eigenvalue weighted by atomic mass is 9.93. The number of amides is 1. The summed E-state index contributed by atoms with van der Waals surface area (Å²) in [6, 6.07) is 7.62. The summed E-state index contributed by atoms with van der Waals surface area (Å²) in [5.74, 6) is 0.622. The van der Waals surface area contributed by atoms with Gasteiger partial charge in [-0.3, -0.25) is 4.79 Å². The van der Waals surface area contributed by atoms with Crippen LogP contribution in [0.1, 0.15) is 37.2 Å². The van der Waals surface area contributed by atoms with Crippen LogP contribution in [0, 0.1) is 0 Å².